The number of aryl methyl sites for hydroxylation is 1. The Labute approximate surface area is 174 Å². The summed E-state index contributed by atoms with van der Waals surface area (Å²) in [6, 6.07) is 9.07. The number of carbonyl (C=O) groups is 1. The molecule has 1 fully saturated rings. The Bertz CT molecular complexity index is 906. The van der Waals surface area contributed by atoms with Crippen LogP contribution in [-0.4, -0.2) is 48.9 Å². The van der Waals surface area contributed by atoms with Crippen LogP contribution in [0.15, 0.2) is 36.4 Å². The third-order valence-electron chi connectivity index (χ3n) is 5.49. The monoisotopic (exact) mass is 420 g/mol. The number of piperazine rings is 1. The molecule has 3 rings (SSSR count). The number of likely N-dealkylation sites (N-methyl/N-ethyl adjacent to an activating group) is 1. The number of hydrogen-bond donors (Lipinski definition) is 2. The van der Waals surface area contributed by atoms with Crippen molar-refractivity contribution >= 4 is 11.6 Å². The van der Waals surface area contributed by atoms with Crippen molar-refractivity contribution in [2.75, 3.05) is 38.5 Å². The van der Waals surface area contributed by atoms with E-state index in [2.05, 4.69) is 10.2 Å². The van der Waals surface area contributed by atoms with Crippen LogP contribution in [0, 0.1) is 6.92 Å². The van der Waals surface area contributed by atoms with Crippen LogP contribution >= 0.6 is 0 Å². The van der Waals surface area contributed by atoms with Gasteiger partial charge in [-0.3, -0.25) is 9.69 Å². The normalized spacial score (nSPS) is 15.9. The van der Waals surface area contributed by atoms with E-state index in [0.29, 0.717) is 25.3 Å². The smallest absolute Gasteiger partial charge is 0.326 e. The lowest BCUT2D eigenvalue weighted by molar-refractivity contribution is -0.138. The number of nitrogens with zero attached hydrogens (tertiary/aromatic N) is 2. The Kier molecular flexibility index (Phi) is 6.80. The maximum atomic E-state index is 13.7. The van der Waals surface area contributed by atoms with Crippen LogP contribution in [0.5, 0.6) is 0 Å². The highest BCUT2D eigenvalue weighted by Gasteiger charge is 2.34. The van der Waals surface area contributed by atoms with Gasteiger partial charge in [-0.05, 0) is 54.9 Å². The van der Waals surface area contributed by atoms with Gasteiger partial charge in [0.1, 0.15) is 0 Å². The first kappa shape index (κ1) is 22.3. The molecule has 0 aromatic heterocycles. The molecule has 0 radical (unpaired) electrons. The zero-order valence-corrected chi connectivity index (χ0v) is 17.2. The van der Waals surface area contributed by atoms with Crippen LogP contribution in [0.4, 0.5) is 18.9 Å². The molecule has 0 aliphatic carbocycles. The number of nitrogens with two attached hydrogens (primary N) is 1. The van der Waals surface area contributed by atoms with Crippen molar-refractivity contribution in [3.63, 3.8) is 0 Å². The maximum absolute atomic E-state index is 13.7. The van der Waals surface area contributed by atoms with Crippen LogP contribution in [-0.2, 0) is 19.3 Å². The van der Waals surface area contributed by atoms with E-state index in [9.17, 15) is 18.0 Å². The van der Waals surface area contributed by atoms with Gasteiger partial charge in [0.2, 0.25) is 0 Å². The first-order valence-electron chi connectivity index (χ1n) is 9.89. The number of rotatable bonds is 5. The molecule has 5 nitrogen and oxygen atoms in total. The van der Waals surface area contributed by atoms with Crippen molar-refractivity contribution in [1.29, 1.82) is 0 Å². The molecule has 3 N–H and O–H groups in total. The molecule has 1 heterocycles. The molecule has 1 aliphatic heterocycles. The second-order valence-corrected chi connectivity index (χ2v) is 7.75. The third kappa shape index (κ3) is 5.38. The van der Waals surface area contributed by atoms with Gasteiger partial charge in [0.15, 0.2) is 0 Å². The van der Waals surface area contributed by atoms with Gasteiger partial charge in [-0.2, -0.15) is 13.2 Å². The Morgan fingerprint density at radius 3 is 2.40 bits per heavy atom. The minimum absolute atomic E-state index is 0.0284. The Balaban J connectivity index is 1.81. The molecular formula is C22H27F3N4O. The molecule has 30 heavy (non-hydrogen) atoms. The molecule has 1 amide bonds. The minimum Gasteiger partial charge on any atom is -0.326 e. The number of hydrogen-bond acceptors (Lipinski definition) is 4. The third-order valence-corrected chi connectivity index (χ3v) is 5.49. The Morgan fingerprint density at radius 2 is 1.77 bits per heavy atom. The van der Waals surface area contributed by atoms with E-state index in [1.165, 1.54) is 12.1 Å². The van der Waals surface area contributed by atoms with Crippen molar-refractivity contribution in [3.05, 3.63) is 64.2 Å². The topological polar surface area (TPSA) is 61.6 Å². The van der Waals surface area contributed by atoms with Crippen molar-refractivity contribution in [3.8, 4) is 0 Å². The highest BCUT2D eigenvalue weighted by molar-refractivity contribution is 6.04. The molecule has 1 aliphatic rings. The molecule has 0 saturated carbocycles. The Hall–Kier alpha value is -2.42. The summed E-state index contributed by atoms with van der Waals surface area (Å²) in [6.07, 6.45) is -4.53. The summed E-state index contributed by atoms with van der Waals surface area (Å²) in [7, 11) is 2.00. The van der Waals surface area contributed by atoms with Gasteiger partial charge in [-0.15, -0.1) is 0 Å². The number of anilines is 1. The first-order valence-corrected chi connectivity index (χ1v) is 9.89. The van der Waals surface area contributed by atoms with Gasteiger partial charge in [0.05, 0.1) is 5.56 Å². The van der Waals surface area contributed by atoms with Gasteiger partial charge >= 0.3 is 6.18 Å². The van der Waals surface area contributed by atoms with E-state index in [0.717, 1.165) is 30.3 Å². The van der Waals surface area contributed by atoms with E-state index in [-0.39, 0.29) is 17.7 Å². The largest absolute Gasteiger partial charge is 0.416 e. The van der Waals surface area contributed by atoms with Crippen molar-refractivity contribution < 1.29 is 18.0 Å². The number of nitrogens with one attached hydrogen (secondary N) is 1. The predicted molar refractivity (Wildman–Crippen MR) is 111 cm³/mol. The molecule has 8 heteroatoms. The quantitative estimate of drug-likeness (QED) is 0.778. The first-order chi connectivity index (χ1) is 14.2. The summed E-state index contributed by atoms with van der Waals surface area (Å²) in [4.78, 5) is 16.7. The van der Waals surface area contributed by atoms with Crippen molar-refractivity contribution in [2.45, 2.75) is 26.2 Å². The van der Waals surface area contributed by atoms with E-state index in [4.69, 9.17) is 5.73 Å². The Morgan fingerprint density at radius 1 is 1.07 bits per heavy atom. The van der Waals surface area contributed by atoms with Crippen LogP contribution in [0.3, 0.4) is 0 Å². The SMILES string of the molecule is Cc1ccc(NC(=O)c2ccc(CN3CCN(C)CC3)c(C(F)(F)F)c2)cc1CN. The molecule has 2 aromatic carbocycles. The molecule has 0 spiro atoms. The van der Waals surface area contributed by atoms with Gasteiger partial charge in [0.25, 0.3) is 5.91 Å². The lowest BCUT2D eigenvalue weighted by Crippen LogP contribution is -2.44. The van der Waals surface area contributed by atoms with Gasteiger partial charge < -0.3 is 16.0 Å². The van der Waals surface area contributed by atoms with E-state index < -0.39 is 17.6 Å². The van der Waals surface area contributed by atoms with Crippen LogP contribution in [0.2, 0.25) is 0 Å². The van der Waals surface area contributed by atoms with Crippen LogP contribution in [0.25, 0.3) is 0 Å². The molecule has 0 atom stereocenters. The average Bonchev–Trinajstić information content (AvgIpc) is 2.70. The fourth-order valence-corrected chi connectivity index (χ4v) is 3.54. The van der Waals surface area contributed by atoms with E-state index >= 15 is 0 Å². The van der Waals surface area contributed by atoms with Gasteiger partial charge in [0, 0.05) is 50.5 Å². The molecule has 0 unspecified atom stereocenters. The number of halogens is 3. The lowest BCUT2D eigenvalue weighted by Gasteiger charge is -2.33. The zero-order chi connectivity index (χ0) is 21.9. The van der Waals surface area contributed by atoms with Crippen LogP contribution in [0.1, 0.15) is 32.6 Å². The van der Waals surface area contributed by atoms with Gasteiger partial charge in [-0.25, -0.2) is 0 Å². The summed E-state index contributed by atoms with van der Waals surface area (Å²) in [5.74, 6) is -0.585. The number of carbonyl (C=O) groups excluding carboxylic acids is 1. The highest BCUT2D eigenvalue weighted by Crippen LogP contribution is 2.33. The standard InChI is InChI=1S/C22H27F3N4O/c1-15-3-6-19(11-18(15)13-26)27-21(30)16-4-5-17(20(12-16)22(23,24)25)14-29-9-7-28(2)8-10-29/h3-6,11-12H,7-10,13-14,26H2,1-2H3,(H,27,30). The number of alkyl halides is 3. The summed E-state index contributed by atoms with van der Waals surface area (Å²) < 4.78 is 41.1. The van der Waals surface area contributed by atoms with Crippen LogP contribution < -0.4 is 11.1 Å². The summed E-state index contributed by atoms with van der Waals surface area (Å²) in [5.41, 5.74) is 7.44. The molecule has 1 saturated heterocycles. The number of amides is 1. The summed E-state index contributed by atoms with van der Waals surface area (Å²) >= 11 is 0. The van der Waals surface area contributed by atoms with Crippen molar-refractivity contribution in [2.24, 2.45) is 5.73 Å². The lowest BCUT2D eigenvalue weighted by atomic mass is 10.0. The fourth-order valence-electron chi connectivity index (χ4n) is 3.54. The van der Waals surface area contributed by atoms with E-state index in [1.54, 1.807) is 12.1 Å². The summed E-state index contributed by atoms with van der Waals surface area (Å²) in [6.45, 7) is 5.51. The van der Waals surface area contributed by atoms with Gasteiger partial charge in [-0.1, -0.05) is 12.1 Å². The fraction of sp³-hybridized carbons (Fsp3) is 0.409. The second kappa shape index (κ2) is 9.16. The molecule has 2 aromatic rings. The summed E-state index contributed by atoms with van der Waals surface area (Å²) in [5, 5.41) is 2.67. The highest BCUT2D eigenvalue weighted by atomic mass is 19.4. The second-order valence-electron chi connectivity index (χ2n) is 7.75. The molecule has 0 bridgehead atoms. The predicted octanol–water partition coefficient (Wildman–Crippen LogP) is 3.47. The average molecular weight is 420 g/mol. The number of benzene rings is 2. The molecular weight excluding hydrogens is 393 g/mol. The minimum atomic E-state index is -4.53. The zero-order valence-electron chi connectivity index (χ0n) is 17.2. The maximum Gasteiger partial charge on any atom is 0.416 e. The van der Waals surface area contributed by atoms with E-state index in [1.807, 2.05) is 24.9 Å². The molecule has 162 valence electrons. The van der Waals surface area contributed by atoms with Crippen molar-refractivity contribution in [1.82, 2.24) is 9.80 Å².